The van der Waals surface area contributed by atoms with Gasteiger partial charge >= 0.3 is 0 Å². The molecule has 3 N–H and O–H groups in total. The largest absolute Gasteiger partial charge is 0.374 e. The van der Waals surface area contributed by atoms with E-state index in [0.717, 1.165) is 10.9 Å². The average Bonchev–Trinajstić information content (AvgIpc) is 2.72. The van der Waals surface area contributed by atoms with Crippen LogP contribution in [0.5, 0.6) is 0 Å². The molecule has 2 aromatic heterocycles. The summed E-state index contributed by atoms with van der Waals surface area (Å²) in [5, 5.41) is 4.08. The molecular weight excluding hydrogens is 389 g/mol. The molecule has 2 atom stereocenters. The Morgan fingerprint density at radius 3 is 2.77 bits per heavy atom. The molecule has 0 aliphatic carbocycles. The second-order valence-corrected chi connectivity index (χ2v) is 7.18. The molecule has 158 valence electrons. The topological polar surface area (TPSA) is 111 Å². The molecule has 9 nitrogen and oxygen atoms in total. The van der Waals surface area contributed by atoms with Gasteiger partial charge in [0.1, 0.15) is 17.5 Å². The first-order valence-electron chi connectivity index (χ1n) is 9.68. The summed E-state index contributed by atoms with van der Waals surface area (Å²) in [7, 11) is 1.88. The molecule has 0 saturated carbocycles. The molecular formula is C20H24FN7O2. The van der Waals surface area contributed by atoms with E-state index >= 15 is 0 Å². The van der Waals surface area contributed by atoms with Gasteiger partial charge in [-0.25, -0.2) is 9.37 Å². The Labute approximate surface area is 173 Å². The molecule has 30 heavy (non-hydrogen) atoms. The maximum absolute atomic E-state index is 13.8. The molecule has 3 aromatic rings. The Balaban J connectivity index is 1.74. The number of nitrogens with two attached hydrogens (primary N) is 1. The first kappa shape index (κ1) is 20.2. The number of anilines is 3. The number of fused-ring (bicyclic) bond motifs is 1. The van der Waals surface area contributed by atoms with E-state index in [1.54, 1.807) is 13.0 Å². The number of pyridine rings is 1. The van der Waals surface area contributed by atoms with Gasteiger partial charge in [-0.3, -0.25) is 0 Å². The van der Waals surface area contributed by atoms with E-state index in [-0.39, 0.29) is 24.0 Å². The molecule has 4 rings (SSSR count). The summed E-state index contributed by atoms with van der Waals surface area (Å²) in [6, 6.07) is 6.30. The lowest BCUT2D eigenvalue weighted by Crippen LogP contribution is -2.43. The van der Waals surface area contributed by atoms with Gasteiger partial charge in [0.2, 0.25) is 11.9 Å². The first-order valence-corrected chi connectivity index (χ1v) is 9.68. The van der Waals surface area contributed by atoms with Gasteiger partial charge in [0, 0.05) is 24.1 Å². The molecule has 1 aliphatic rings. The SMILES string of the molecule is Cc1nc(N)nc(NC(C)c2cc3ccc(F)cc3nc2N(C)[C@@H]2COCCO2)n1. The highest BCUT2D eigenvalue weighted by Gasteiger charge is 2.25. The van der Waals surface area contributed by atoms with Crippen LogP contribution in [0.4, 0.5) is 22.1 Å². The molecule has 1 fully saturated rings. The predicted octanol–water partition coefficient (Wildman–Crippen LogP) is 2.43. The number of nitrogens with zero attached hydrogens (tertiary/aromatic N) is 5. The van der Waals surface area contributed by atoms with Crippen molar-refractivity contribution < 1.29 is 13.9 Å². The van der Waals surface area contributed by atoms with E-state index in [4.69, 9.17) is 20.2 Å². The van der Waals surface area contributed by atoms with E-state index in [9.17, 15) is 4.39 Å². The van der Waals surface area contributed by atoms with Crippen molar-refractivity contribution in [1.29, 1.82) is 0 Å². The van der Waals surface area contributed by atoms with Gasteiger partial charge in [0.25, 0.3) is 0 Å². The van der Waals surface area contributed by atoms with Gasteiger partial charge in [-0.2, -0.15) is 15.0 Å². The highest BCUT2D eigenvalue weighted by Crippen LogP contribution is 2.31. The Kier molecular flexibility index (Phi) is 5.60. The van der Waals surface area contributed by atoms with Crippen LogP contribution < -0.4 is 16.0 Å². The molecule has 10 heteroatoms. The minimum atomic E-state index is -0.337. The van der Waals surface area contributed by atoms with Gasteiger partial charge < -0.3 is 25.4 Å². The third-order valence-electron chi connectivity index (χ3n) is 4.93. The third-order valence-corrected chi connectivity index (χ3v) is 4.93. The number of aromatic nitrogens is 4. The minimum Gasteiger partial charge on any atom is -0.374 e. The molecule has 0 bridgehead atoms. The number of hydrogen-bond donors (Lipinski definition) is 2. The van der Waals surface area contributed by atoms with Crippen LogP contribution in [0, 0.1) is 12.7 Å². The predicted molar refractivity (Wildman–Crippen MR) is 112 cm³/mol. The molecule has 0 amide bonds. The highest BCUT2D eigenvalue weighted by molar-refractivity contribution is 5.82. The van der Waals surface area contributed by atoms with Crippen LogP contribution in [0.15, 0.2) is 24.3 Å². The Morgan fingerprint density at radius 2 is 2.03 bits per heavy atom. The summed E-state index contributed by atoms with van der Waals surface area (Å²) in [4.78, 5) is 19.1. The van der Waals surface area contributed by atoms with Crippen LogP contribution >= 0.6 is 0 Å². The van der Waals surface area contributed by atoms with Gasteiger partial charge in [0.15, 0.2) is 6.23 Å². The zero-order valence-electron chi connectivity index (χ0n) is 17.1. The van der Waals surface area contributed by atoms with E-state index in [1.807, 2.05) is 24.9 Å². The second-order valence-electron chi connectivity index (χ2n) is 7.18. The van der Waals surface area contributed by atoms with Gasteiger partial charge in [-0.05, 0) is 32.0 Å². The highest BCUT2D eigenvalue weighted by atomic mass is 19.1. The number of hydrogen-bond acceptors (Lipinski definition) is 9. The summed E-state index contributed by atoms with van der Waals surface area (Å²) in [5.74, 6) is 1.36. The van der Waals surface area contributed by atoms with Crippen LogP contribution in [0.25, 0.3) is 10.9 Å². The summed E-state index contributed by atoms with van der Waals surface area (Å²) in [6.45, 7) is 5.20. The smallest absolute Gasteiger partial charge is 0.228 e. The van der Waals surface area contributed by atoms with Gasteiger partial charge in [-0.15, -0.1) is 0 Å². The van der Waals surface area contributed by atoms with E-state index in [0.29, 0.717) is 42.9 Å². The van der Waals surface area contributed by atoms with Crippen molar-refractivity contribution in [2.24, 2.45) is 0 Å². The number of nitrogens with one attached hydrogen (secondary N) is 1. The first-order chi connectivity index (χ1) is 14.4. The molecule has 3 heterocycles. The standard InChI is InChI=1S/C20H24FN7O2/c1-11(23-20-25-12(2)24-19(22)27-20)15-8-13-4-5-14(21)9-16(13)26-18(15)28(3)17-10-29-6-7-30-17/h4-5,8-9,11,17H,6-7,10H2,1-3H3,(H3,22,23,24,25,27)/t11?,17-/m0/s1. The third kappa shape index (κ3) is 4.24. The number of halogens is 1. The quantitative estimate of drug-likeness (QED) is 0.651. The number of nitrogen functional groups attached to an aromatic ring is 1. The summed E-state index contributed by atoms with van der Waals surface area (Å²) < 4.78 is 25.2. The van der Waals surface area contributed by atoms with E-state index in [1.165, 1.54) is 12.1 Å². The maximum Gasteiger partial charge on any atom is 0.228 e. The number of likely N-dealkylation sites (N-methyl/N-ethyl adjacent to an activating group) is 1. The summed E-state index contributed by atoms with van der Waals surface area (Å²) in [6.07, 6.45) is -0.293. The fourth-order valence-corrected chi connectivity index (χ4v) is 3.42. The normalized spacial score (nSPS) is 17.7. The fourth-order valence-electron chi connectivity index (χ4n) is 3.42. The van der Waals surface area contributed by atoms with Crippen molar-refractivity contribution in [1.82, 2.24) is 19.9 Å². The monoisotopic (exact) mass is 413 g/mol. The van der Waals surface area contributed by atoms with Crippen LogP contribution in [0.3, 0.4) is 0 Å². The van der Waals surface area contributed by atoms with Crippen molar-refractivity contribution in [3.05, 3.63) is 41.5 Å². The van der Waals surface area contributed by atoms with Crippen LogP contribution in [0.2, 0.25) is 0 Å². The molecule has 1 unspecified atom stereocenters. The minimum absolute atomic E-state index is 0.148. The molecule has 1 aromatic carbocycles. The molecule has 1 saturated heterocycles. The van der Waals surface area contributed by atoms with Crippen LogP contribution in [-0.4, -0.2) is 53.0 Å². The second kappa shape index (κ2) is 8.33. The van der Waals surface area contributed by atoms with Gasteiger partial charge in [0.05, 0.1) is 31.4 Å². The van der Waals surface area contributed by atoms with Crippen molar-refractivity contribution in [3.8, 4) is 0 Å². The van der Waals surface area contributed by atoms with Crippen LogP contribution in [-0.2, 0) is 9.47 Å². The van der Waals surface area contributed by atoms with Crippen molar-refractivity contribution in [2.75, 3.05) is 42.8 Å². The number of rotatable bonds is 5. The zero-order chi connectivity index (χ0) is 21.3. The molecule has 0 radical (unpaired) electrons. The zero-order valence-corrected chi connectivity index (χ0v) is 17.1. The lowest BCUT2D eigenvalue weighted by Gasteiger charge is -2.34. The Bertz CT molecular complexity index is 1040. The van der Waals surface area contributed by atoms with Crippen molar-refractivity contribution in [2.45, 2.75) is 26.1 Å². The van der Waals surface area contributed by atoms with Gasteiger partial charge in [-0.1, -0.05) is 0 Å². The average molecular weight is 413 g/mol. The van der Waals surface area contributed by atoms with Crippen molar-refractivity contribution in [3.63, 3.8) is 0 Å². The van der Waals surface area contributed by atoms with Crippen molar-refractivity contribution >= 4 is 28.6 Å². The van der Waals surface area contributed by atoms with E-state index in [2.05, 4.69) is 20.3 Å². The summed E-state index contributed by atoms with van der Waals surface area (Å²) in [5.41, 5.74) is 7.19. The molecule has 0 spiro atoms. The Morgan fingerprint density at radius 1 is 1.20 bits per heavy atom. The number of ether oxygens (including phenoxy) is 2. The number of benzene rings is 1. The Hall–Kier alpha value is -3.11. The lowest BCUT2D eigenvalue weighted by atomic mass is 10.1. The number of aryl methyl sites for hydroxylation is 1. The van der Waals surface area contributed by atoms with E-state index < -0.39 is 0 Å². The fraction of sp³-hybridized carbons (Fsp3) is 0.400. The summed E-state index contributed by atoms with van der Waals surface area (Å²) >= 11 is 0. The van der Waals surface area contributed by atoms with Crippen LogP contribution in [0.1, 0.15) is 24.4 Å². The maximum atomic E-state index is 13.8. The lowest BCUT2D eigenvalue weighted by molar-refractivity contribution is -0.0867. The molecule has 1 aliphatic heterocycles.